The minimum atomic E-state index is -1.26. The fourth-order valence-electron chi connectivity index (χ4n) is 1.70. The molecule has 20 heavy (non-hydrogen) atoms. The second-order valence-electron chi connectivity index (χ2n) is 4.15. The van der Waals surface area contributed by atoms with Crippen LogP contribution >= 0.6 is 0 Å². The molecule has 0 unspecified atom stereocenters. The number of benzene rings is 1. The molecule has 1 aromatic rings. The molecule has 0 atom stereocenters. The number of fused-ring (bicyclic) bond motifs is 1. The quantitative estimate of drug-likeness (QED) is 0.793. The van der Waals surface area contributed by atoms with Gasteiger partial charge in [-0.25, -0.2) is 9.59 Å². The highest BCUT2D eigenvalue weighted by Crippen LogP contribution is 2.21. The average molecular weight is 277 g/mol. The van der Waals surface area contributed by atoms with Crippen LogP contribution in [0, 0.1) is 0 Å². The Labute approximate surface area is 115 Å². The first-order valence-electron chi connectivity index (χ1n) is 5.86. The summed E-state index contributed by atoms with van der Waals surface area (Å²) in [6.07, 6.45) is 1.12. The zero-order chi connectivity index (χ0) is 15.1. The zero-order valence-corrected chi connectivity index (χ0v) is 10.9. The van der Waals surface area contributed by atoms with Gasteiger partial charge in [-0.2, -0.15) is 0 Å². The van der Waals surface area contributed by atoms with E-state index in [1.807, 2.05) is 17.0 Å². The van der Waals surface area contributed by atoms with Crippen LogP contribution in [0.15, 0.2) is 36.4 Å². The van der Waals surface area contributed by atoms with Gasteiger partial charge in [-0.05, 0) is 11.1 Å². The van der Waals surface area contributed by atoms with E-state index >= 15 is 0 Å². The monoisotopic (exact) mass is 277 g/mol. The maximum atomic E-state index is 11.0. The number of nitrogens with zero attached hydrogens (tertiary/aromatic N) is 1. The lowest BCUT2D eigenvalue weighted by molar-refractivity contribution is -0.134. The maximum Gasteiger partial charge on any atom is 0.328 e. The Morgan fingerprint density at radius 1 is 1.00 bits per heavy atom. The Bertz CT molecular complexity index is 509. The summed E-state index contributed by atoms with van der Waals surface area (Å²) in [6.45, 7) is 3.18. The highest BCUT2D eigenvalue weighted by atomic mass is 16.4. The number of carboxylic acids is 2. The molecule has 1 aliphatic rings. The van der Waals surface area contributed by atoms with E-state index in [0.717, 1.165) is 13.1 Å². The van der Waals surface area contributed by atoms with E-state index in [1.54, 1.807) is 6.92 Å². The van der Waals surface area contributed by atoms with E-state index < -0.39 is 11.9 Å². The predicted molar refractivity (Wildman–Crippen MR) is 70.8 cm³/mol. The first-order valence-corrected chi connectivity index (χ1v) is 5.86. The predicted octanol–water partition coefficient (Wildman–Crippen LogP) is 1.26. The van der Waals surface area contributed by atoms with Crippen LogP contribution in [0.1, 0.15) is 18.1 Å². The van der Waals surface area contributed by atoms with Gasteiger partial charge in [-0.1, -0.05) is 24.3 Å². The third-order valence-electron chi connectivity index (χ3n) is 2.65. The fraction of sp³-hybridized carbons (Fsp3) is 0.214. The number of carbonyl (C=O) groups excluding carboxylic acids is 1. The Morgan fingerprint density at radius 3 is 1.70 bits per heavy atom. The molecular formula is C14H15NO5. The van der Waals surface area contributed by atoms with Crippen molar-refractivity contribution in [1.82, 2.24) is 4.90 Å². The highest BCUT2D eigenvalue weighted by molar-refractivity contribution is 5.89. The van der Waals surface area contributed by atoms with Crippen molar-refractivity contribution >= 4 is 17.8 Å². The summed E-state index contributed by atoms with van der Waals surface area (Å²) < 4.78 is 0. The van der Waals surface area contributed by atoms with Gasteiger partial charge >= 0.3 is 11.9 Å². The third kappa shape index (κ3) is 4.93. The lowest BCUT2D eigenvalue weighted by atomic mass is 10.1. The largest absolute Gasteiger partial charge is 0.478 e. The normalized spacial score (nSPS) is 12.6. The molecule has 2 rings (SSSR count). The lowest BCUT2D eigenvalue weighted by Gasteiger charge is -2.10. The standard InChI is InChI=1S/C10H11NO.C4H4O4/c1-8(12)11-6-9-4-2-3-5-10(9)7-11;5-3(6)1-2-4(7)8/h2-5H,6-7H2,1H3;1-2H,(H,5,6)(H,7,8)/b;2-1+. The molecule has 0 fully saturated rings. The van der Waals surface area contributed by atoms with Crippen LogP contribution in [0.4, 0.5) is 0 Å². The minimum absolute atomic E-state index is 0.159. The van der Waals surface area contributed by atoms with Crippen molar-refractivity contribution in [2.75, 3.05) is 0 Å². The molecule has 6 heteroatoms. The van der Waals surface area contributed by atoms with Crippen molar-refractivity contribution in [2.45, 2.75) is 20.0 Å². The molecular weight excluding hydrogens is 262 g/mol. The molecule has 0 saturated heterocycles. The number of carbonyl (C=O) groups is 3. The molecule has 106 valence electrons. The summed E-state index contributed by atoms with van der Waals surface area (Å²) in [4.78, 5) is 32.0. The van der Waals surface area contributed by atoms with E-state index in [9.17, 15) is 14.4 Å². The van der Waals surface area contributed by atoms with Crippen LogP contribution in [0.25, 0.3) is 0 Å². The minimum Gasteiger partial charge on any atom is -0.478 e. The molecule has 0 saturated carbocycles. The molecule has 0 radical (unpaired) electrons. The number of rotatable bonds is 2. The van der Waals surface area contributed by atoms with E-state index in [0.29, 0.717) is 12.2 Å². The molecule has 1 aliphatic heterocycles. The van der Waals surface area contributed by atoms with Crippen LogP contribution in [0.5, 0.6) is 0 Å². The van der Waals surface area contributed by atoms with Gasteiger partial charge in [-0.3, -0.25) is 4.79 Å². The van der Waals surface area contributed by atoms with Gasteiger partial charge in [0, 0.05) is 32.2 Å². The van der Waals surface area contributed by atoms with Crippen molar-refractivity contribution in [2.24, 2.45) is 0 Å². The van der Waals surface area contributed by atoms with Crippen molar-refractivity contribution < 1.29 is 24.6 Å². The molecule has 6 nitrogen and oxygen atoms in total. The summed E-state index contributed by atoms with van der Waals surface area (Å²) in [5, 5.41) is 15.6. The van der Waals surface area contributed by atoms with E-state index in [1.165, 1.54) is 11.1 Å². The highest BCUT2D eigenvalue weighted by Gasteiger charge is 2.19. The Kier molecular flexibility index (Phi) is 5.46. The van der Waals surface area contributed by atoms with E-state index in [2.05, 4.69) is 12.1 Å². The Hall–Kier alpha value is -2.63. The summed E-state index contributed by atoms with van der Waals surface area (Å²) in [5.74, 6) is -2.36. The molecule has 0 aromatic heterocycles. The van der Waals surface area contributed by atoms with Gasteiger partial charge < -0.3 is 15.1 Å². The number of amides is 1. The molecule has 1 aromatic carbocycles. The summed E-state index contributed by atoms with van der Waals surface area (Å²) >= 11 is 0. The summed E-state index contributed by atoms with van der Waals surface area (Å²) in [7, 11) is 0. The van der Waals surface area contributed by atoms with E-state index in [4.69, 9.17) is 10.2 Å². The SMILES string of the molecule is CC(=O)N1Cc2ccccc2C1.O=C(O)/C=C/C(=O)O. The van der Waals surface area contributed by atoms with Crippen molar-refractivity contribution in [3.05, 3.63) is 47.5 Å². The van der Waals surface area contributed by atoms with Crippen LogP contribution in [-0.2, 0) is 27.5 Å². The van der Waals surface area contributed by atoms with Gasteiger partial charge in [0.1, 0.15) is 0 Å². The van der Waals surface area contributed by atoms with Crippen molar-refractivity contribution in [3.8, 4) is 0 Å². The smallest absolute Gasteiger partial charge is 0.328 e. The van der Waals surface area contributed by atoms with Gasteiger partial charge in [-0.15, -0.1) is 0 Å². The van der Waals surface area contributed by atoms with Gasteiger partial charge in [0.15, 0.2) is 0 Å². The average Bonchev–Trinajstić information content (AvgIpc) is 2.81. The lowest BCUT2D eigenvalue weighted by Crippen LogP contribution is -2.21. The second kappa shape index (κ2) is 7.08. The number of carboxylic acid groups (broad SMARTS) is 2. The molecule has 1 heterocycles. The van der Waals surface area contributed by atoms with Crippen LogP contribution in [0.2, 0.25) is 0 Å². The molecule has 0 bridgehead atoms. The number of aliphatic carboxylic acids is 2. The topological polar surface area (TPSA) is 94.9 Å². The van der Waals surface area contributed by atoms with Crippen molar-refractivity contribution in [1.29, 1.82) is 0 Å². The van der Waals surface area contributed by atoms with Gasteiger partial charge in [0.2, 0.25) is 5.91 Å². The Balaban J connectivity index is 0.000000221. The second-order valence-corrected chi connectivity index (χ2v) is 4.15. The van der Waals surface area contributed by atoms with Crippen LogP contribution in [0.3, 0.4) is 0 Å². The molecule has 0 spiro atoms. The first kappa shape index (κ1) is 15.4. The summed E-state index contributed by atoms with van der Waals surface area (Å²) in [6, 6.07) is 8.20. The molecule has 0 aliphatic carbocycles. The van der Waals surface area contributed by atoms with Crippen LogP contribution < -0.4 is 0 Å². The zero-order valence-electron chi connectivity index (χ0n) is 10.9. The van der Waals surface area contributed by atoms with Gasteiger partial charge in [0.25, 0.3) is 0 Å². The van der Waals surface area contributed by atoms with E-state index in [-0.39, 0.29) is 5.91 Å². The van der Waals surface area contributed by atoms with Crippen molar-refractivity contribution in [3.63, 3.8) is 0 Å². The molecule has 2 N–H and O–H groups in total. The Morgan fingerprint density at radius 2 is 1.40 bits per heavy atom. The maximum absolute atomic E-state index is 11.0. The van der Waals surface area contributed by atoms with Gasteiger partial charge in [0.05, 0.1) is 0 Å². The number of hydrogen-bond donors (Lipinski definition) is 2. The first-order chi connectivity index (χ1) is 9.40. The molecule has 1 amide bonds. The third-order valence-corrected chi connectivity index (χ3v) is 2.65. The van der Waals surface area contributed by atoms with Crippen LogP contribution in [-0.4, -0.2) is 33.0 Å². The summed E-state index contributed by atoms with van der Waals surface area (Å²) in [5.41, 5.74) is 2.57. The fourth-order valence-corrected chi connectivity index (χ4v) is 1.70. The number of hydrogen-bond acceptors (Lipinski definition) is 3.